The second kappa shape index (κ2) is 4.57. The lowest BCUT2D eigenvalue weighted by Gasteiger charge is -2.10. The summed E-state index contributed by atoms with van der Waals surface area (Å²) < 4.78 is 2.48. The minimum atomic E-state index is -0.315. The zero-order chi connectivity index (χ0) is 8.97. The van der Waals surface area contributed by atoms with E-state index in [-0.39, 0.29) is 8.57 Å². The third kappa shape index (κ3) is 2.91. The van der Waals surface area contributed by atoms with Crippen molar-refractivity contribution >= 4 is 8.57 Å². The molecule has 1 rings (SSSR count). The number of nitrogens with zero attached hydrogens (tertiary/aromatic N) is 2. The molecule has 1 heterocycles. The average Bonchev–Trinajstić information content (AvgIpc) is 2.36. The predicted molar refractivity (Wildman–Crippen MR) is 54.5 cm³/mol. The lowest BCUT2D eigenvalue weighted by Crippen LogP contribution is -2.17. The fraction of sp³-hybridized carbons (Fsp3) is 0.667. The van der Waals surface area contributed by atoms with Crippen LogP contribution in [0.3, 0.4) is 0 Å². The Morgan fingerprint density at radius 2 is 2.17 bits per heavy atom. The van der Waals surface area contributed by atoms with Crippen LogP contribution in [0.4, 0.5) is 0 Å². The standard InChI is InChI=1S/C9H18N2Si/c1-10(2)6-4-7-11-8-5-9-12(11)3/h5,8-9H,4,6-7H2,1-3H3. The summed E-state index contributed by atoms with van der Waals surface area (Å²) >= 11 is 0. The fourth-order valence-corrected chi connectivity index (χ4v) is 2.70. The van der Waals surface area contributed by atoms with Gasteiger partial charge in [-0.25, -0.2) is 0 Å². The van der Waals surface area contributed by atoms with E-state index in [2.05, 4.69) is 47.7 Å². The van der Waals surface area contributed by atoms with Gasteiger partial charge in [0.15, 0.2) is 0 Å². The van der Waals surface area contributed by atoms with E-state index in [0.717, 1.165) is 0 Å². The van der Waals surface area contributed by atoms with E-state index >= 15 is 0 Å². The smallest absolute Gasteiger partial charge is 0.125 e. The van der Waals surface area contributed by atoms with Crippen molar-refractivity contribution in [1.82, 2.24) is 9.12 Å². The Balaban J connectivity index is 2.29. The lowest BCUT2D eigenvalue weighted by atomic mass is 10.4. The molecule has 0 aliphatic carbocycles. The van der Waals surface area contributed by atoms with Crippen LogP contribution < -0.4 is 0 Å². The molecule has 0 N–H and O–H groups in total. The third-order valence-corrected chi connectivity index (χ3v) is 4.01. The first kappa shape index (κ1) is 9.67. The minimum Gasteiger partial charge on any atom is -0.384 e. The number of aromatic nitrogens is 1. The second-order valence-corrected chi connectivity index (χ2v) is 5.69. The van der Waals surface area contributed by atoms with Gasteiger partial charge < -0.3 is 9.12 Å². The number of hydrogen-bond donors (Lipinski definition) is 0. The molecule has 0 aliphatic rings. The summed E-state index contributed by atoms with van der Waals surface area (Å²) in [4.78, 5) is 2.24. The summed E-state index contributed by atoms with van der Waals surface area (Å²) in [6, 6.07) is 2.18. The molecule has 0 aliphatic heterocycles. The number of hydrogen-bond acceptors (Lipinski definition) is 1. The van der Waals surface area contributed by atoms with E-state index < -0.39 is 0 Å². The SMILES string of the molecule is CN(C)CCCn1ccc[si]1C. The van der Waals surface area contributed by atoms with Gasteiger partial charge in [-0.2, -0.15) is 0 Å². The molecular formula is C9H18N2Si. The summed E-state index contributed by atoms with van der Waals surface area (Å²) in [6.07, 6.45) is 3.50. The van der Waals surface area contributed by atoms with Crippen LogP contribution in [-0.2, 0) is 13.1 Å². The topological polar surface area (TPSA) is 8.17 Å². The van der Waals surface area contributed by atoms with Gasteiger partial charge in [-0.1, -0.05) is 5.68 Å². The molecule has 0 bridgehead atoms. The zero-order valence-electron chi connectivity index (χ0n) is 8.25. The van der Waals surface area contributed by atoms with Crippen LogP contribution >= 0.6 is 0 Å². The molecule has 0 fully saturated rings. The van der Waals surface area contributed by atoms with Gasteiger partial charge in [-0.15, -0.1) is 0 Å². The fourth-order valence-electron chi connectivity index (χ4n) is 1.31. The molecule has 0 saturated heterocycles. The van der Waals surface area contributed by atoms with Crippen molar-refractivity contribution in [2.45, 2.75) is 13.0 Å². The van der Waals surface area contributed by atoms with E-state index in [1.807, 2.05) is 0 Å². The first-order valence-corrected chi connectivity index (χ1v) is 6.49. The van der Waals surface area contributed by atoms with Gasteiger partial charge in [0.25, 0.3) is 0 Å². The molecule has 0 saturated carbocycles. The molecule has 68 valence electrons. The van der Waals surface area contributed by atoms with Crippen molar-refractivity contribution in [3.63, 3.8) is 0 Å². The van der Waals surface area contributed by atoms with Crippen LogP contribution in [0.5, 0.6) is 0 Å². The Morgan fingerprint density at radius 3 is 2.67 bits per heavy atom. The van der Waals surface area contributed by atoms with Gasteiger partial charge in [0.2, 0.25) is 0 Å². The Bertz CT molecular complexity index is 230. The van der Waals surface area contributed by atoms with Crippen molar-refractivity contribution < 1.29 is 0 Å². The summed E-state index contributed by atoms with van der Waals surface area (Å²) in [7, 11) is 3.94. The maximum Gasteiger partial charge on any atom is 0.125 e. The van der Waals surface area contributed by atoms with Crippen LogP contribution in [0.1, 0.15) is 6.42 Å². The van der Waals surface area contributed by atoms with E-state index in [9.17, 15) is 0 Å². The Labute approximate surface area is 76.4 Å². The van der Waals surface area contributed by atoms with Gasteiger partial charge in [-0.05, 0) is 45.9 Å². The molecule has 1 aromatic heterocycles. The molecular weight excluding hydrogens is 164 g/mol. The Kier molecular flexibility index (Phi) is 3.69. The van der Waals surface area contributed by atoms with Gasteiger partial charge >= 0.3 is 0 Å². The molecule has 2 nitrogen and oxygen atoms in total. The van der Waals surface area contributed by atoms with Gasteiger partial charge in [0.05, 0.1) is 0 Å². The number of aryl methyl sites for hydroxylation is 2. The molecule has 0 amide bonds. The van der Waals surface area contributed by atoms with Crippen molar-refractivity contribution in [3.05, 3.63) is 17.9 Å². The summed E-state index contributed by atoms with van der Waals surface area (Å²) in [6.45, 7) is 4.75. The van der Waals surface area contributed by atoms with Crippen molar-refractivity contribution in [2.24, 2.45) is 6.55 Å². The summed E-state index contributed by atoms with van der Waals surface area (Å²) in [5.41, 5.74) is 2.33. The van der Waals surface area contributed by atoms with Crippen LogP contribution in [0.15, 0.2) is 17.9 Å². The first-order valence-electron chi connectivity index (χ1n) is 4.46. The quantitative estimate of drug-likeness (QED) is 0.631. The largest absolute Gasteiger partial charge is 0.384 e. The van der Waals surface area contributed by atoms with Crippen LogP contribution in [-0.4, -0.2) is 38.3 Å². The normalized spacial score (nSPS) is 11.0. The highest BCUT2D eigenvalue weighted by molar-refractivity contribution is 6.43. The molecule has 0 unspecified atom stereocenters. The molecule has 0 aromatic carbocycles. The van der Waals surface area contributed by atoms with Gasteiger partial charge in [-0.3, -0.25) is 0 Å². The molecule has 0 spiro atoms. The highest BCUT2D eigenvalue weighted by Gasteiger charge is 1.95. The van der Waals surface area contributed by atoms with Crippen molar-refractivity contribution in [3.8, 4) is 0 Å². The zero-order valence-corrected chi connectivity index (χ0v) is 9.25. The minimum absolute atomic E-state index is 0.315. The summed E-state index contributed by atoms with van der Waals surface area (Å²) in [5, 5.41) is 0. The third-order valence-electron chi connectivity index (χ3n) is 2.06. The first-order chi connectivity index (χ1) is 5.70. The predicted octanol–water partition coefficient (Wildman–Crippen LogP) is 1.00. The van der Waals surface area contributed by atoms with E-state index in [1.54, 1.807) is 0 Å². The molecule has 3 heteroatoms. The average molecular weight is 182 g/mol. The van der Waals surface area contributed by atoms with Gasteiger partial charge in [0.1, 0.15) is 8.57 Å². The number of rotatable bonds is 4. The van der Waals surface area contributed by atoms with E-state index in [1.165, 1.54) is 19.5 Å². The van der Waals surface area contributed by atoms with Crippen LogP contribution in [0.25, 0.3) is 0 Å². The Morgan fingerprint density at radius 1 is 1.42 bits per heavy atom. The van der Waals surface area contributed by atoms with Crippen molar-refractivity contribution in [1.29, 1.82) is 0 Å². The van der Waals surface area contributed by atoms with E-state index in [4.69, 9.17) is 0 Å². The highest BCUT2D eigenvalue weighted by Crippen LogP contribution is 1.92. The highest BCUT2D eigenvalue weighted by atomic mass is 28.2. The van der Waals surface area contributed by atoms with Crippen molar-refractivity contribution in [2.75, 3.05) is 20.6 Å². The molecule has 0 radical (unpaired) electrons. The van der Waals surface area contributed by atoms with Gasteiger partial charge in [0, 0.05) is 6.54 Å². The van der Waals surface area contributed by atoms with Crippen LogP contribution in [0.2, 0.25) is 0 Å². The maximum absolute atomic E-state index is 2.48. The lowest BCUT2D eigenvalue weighted by molar-refractivity contribution is 0.389. The monoisotopic (exact) mass is 182 g/mol. The molecule has 12 heavy (non-hydrogen) atoms. The second-order valence-electron chi connectivity index (χ2n) is 3.50. The van der Waals surface area contributed by atoms with Crippen LogP contribution in [0, 0.1) is 0 Å². The Hall–Kier alpha value is -0.413. The maximum atomic E-state index is 2.48. The van der Waals surface area contributed by atoms with E-state index in [0.29, 0.717) is 0 Å². The molecule has 0 atom stereocenters. The molecule has 1 aromatic rings. The summed E-state index contributed by atoms with van der Waals surface area (Å²) in [5.74, 6) is 0.